The number of nitrogens with zero attached hydrogens (tertiary/aromatic N) is 1. The Bertz CT molecular complexity index is 656. The predicted molar refractivity (Wildman–Crippen MR) is 106 cm³/mol. The Morgan fingerprint density at radius 1 is 1.31 bits per heavy atom. The molecular formula is C20H26ClN3O2. The van der Waals surface area contributed by atoms with Crippen molar-refractivity contribution in [1.82, 2.24) is 10.8 Å². The highest BCUT2D eigenvalue weighted by molar-refractivity contribution is 6.30. The maximum absolute atomic E-state index is 10.9. The zero-order valence-corrected chi connectivity index (χ0v) is 15.6. The highest BCUT2D eigenvalue weighted by atomic mass is 35.5. The molecule has 140 valence electrons. The molecule has 1 amide bonds. The molecule has 0 aliphatic carbocycles. The molecule has 0 fully saturated rings. The molecule has 0 bridgehead atoms. The fourth-order valence-electron chi connectivity index (χ4n) is 2.78. The normalized spacial score (nSPS) is 16.2. The van der Waals surface area contributed by atoms with Gasteiger partial charge in [0, 0.05) is 35.6 Å². The van der Waals surface area contributed by atoms with E-state index in [2.05, 4.69) is 35.1 Å². The lowest BCUT2D eigenvalue weighted by molar-refractivity contribution is -0.129. The van der Waals surface area contributed by atoms with Gasteiger partial charge in [-0.15, -0.1) is 0 Å². The molecule has 1 aliphatic heterocycles. The summed E-state index contributed by atoms with van der Waals surface area (Å²) in [6.45, 7) is 4.85. The van der Waals surface area contributed by atoms with Crippen LogP contribution >= 0.6 is 11.6 Å². The second-order valence-corrected chi connectivity index (χ2v) is 6.66. The van der Waals surface area contributed by atoms with Gasteiger partial charge in [-0.3, -0.25) is 10.0 Å². The van der Waals surface area contributed by atoms with Crippen molar-refractivity contribution in [3.05, 3.63) is 66.0 Å². The lowest BCUT2D eigenvalue weighted by atomic mass is 10.1. The molecule has 3 N–H and O–H groups in total. The van der Waals surface area contributed by atoms with Crippen molar-refractivity contribution in [3.63, 3.8) is 0 Å². The summed E-state index contributed by atoms with van der Waals surface area (Å²) in [4.78, 5) is 13.1. The maximum atomic E-state index is 10.9. The molecule has 1 atom stereocenters. The lowest BCUT2D eigenvalue weighted by Crippen LogP contribution is -2.24. The molecule has 1 aliphatic rings. The Kier molecular flexibility index (Phi) is 8.25. The summed E-state index contributed by atoms with van der Waals surface area (Å²) >= 11 is 5.96. The zero-order valence-electron chi connectivity index (χ0n) is 14.8. The van der Waals surface area contributed by atoms with E-state index in [1.54, 1.807) is 5.48 Å². The summed E-state index contributed by atoms with van der Waals surface area (Å²) in [7, 11) is 0. The number of hydrogen-bond acceptors (Lipinski definition) is 4. The maximum Gasteiger partial charge on any atom is 0.243 e. The molecule has 1 aromatic rings. The van der Waals surface area contributed by atoms with Crippen molar-refractivity contribution < 1.29 is 10.0 Å². The van der Waals surface area contributed by atoms with Crippen LogP contribution in [0.4, 0.5) is 5.69 Å². The van der Waals surface area contributed by atoms with E-state index in [1.165, 1.54) is 0 Å². The van der Waals surface area contributed by atoms with Crippen LogP contribution in [0.25, 0.3) is 0 Å². The number of nitrogens with one attached hydrogen (secondary N) is 2. The molecule has 0 aromatic heterocycles. The van der Waals surface area contributed by atoms with E-state index in [1.807, 2.05) is 30.3 Å². The first-order valence-corrected chi connectivity index (χ1v) is 9.22. The van der Waals surface area contributed by atoms with Crippen LogP contribution < -0.4 is 15.7 Å². The summed E-state index contributed by atoms with van der Waals surface area (Å²) in [5.74, 6) is -0.333. The van der Waals surface area contributed by atoms with E-state index in [9.17, 15) is 4.79 Å². The number of hydroxylamine groups is 1. The number of carbonyl (C=O) groups is 1. The smallest absolute Gasteiger partial charge is 0.243 e. The van der Waals surface area contributed by atoms with Gasteiger partial charge in [0.1, 0.15) is 0 Å². The van der Waals surface area contributed by atoms with Gasteiger partial charge in [-0.2, -0.15) is 0 Å². The van der Waals surface area contributed by atoms with Gasteiger partial charge >= 0.3 is 0 Å². The average molecular weight is 376 g/mol. The van der Waals surface area contributed by atoms with Crippen LogP contribution in [0, 0.1) is 0 Å². The lowest BCUT2D eigenvalue weighted by Gasteiger charge is -2.23. The van der Waals surface area contributed by atoms with Gasteiger partial charge in [-0.05, 0) is 49.6 Å². The molecule has 2 rings (SSSR count). The van der Waals surface area contributed by atoms with Gasteiger partial charge in [-0.25, -0.2) is 5.48 Å². The van der Waals surface area contributed by atoms with Gasteiger partial charge in [0.2, 0.25) is 5.91 Å². The third kappa shape index (κ3) is 6.58. The van der Waals surface area contributed by atoms with Crippen molar-refractivity contribution in [2.45, 2.75) is 38.1 Å². The number of amides is 1. The minimum absolute atomic E-state index is 0.270. The molecule has 1 aromatic carbocycles. The Morgan fingerprint density at radius 2 is 2.08 bits per heavy atom. The van der Waals surface area contributed by atoms with Crippen molar-refractivity contribution in [2.75, 3.05) is 11.4 Å². The van der Waals surface area contributed by atoms with Gasteiger partial charge in [0.05, 0.1) is 6.04 Å². The number of hydrogen-bond donors (Lipinski definition) is 3. The molecule has 6 heteroatoms. The van der Waals surface area contributed by atoms with E-state index >= 15 is 0 Å². The third-order valence-electron chi connectivity index (χ3n) is 4.20. The van der Waals surface area contributed by atoms with Crippen LogP contribution in [0.3, 0.4) is 0 Å². The number of anilines is 1. The molecule has 0 radical (unpaired) electrons. The molecule has 5 nitrogen and oxygen atoms in total. The zero-order chi connectivity index (χ0) is 18.8. The minimum Gasteiger partial charge on any atom is -0.386 e. The van der Waals surface area contributed by atoms with E-state index in [4.69, 9.17) is 16.8 Å². The monoisotopic (exact) mass is 375 g/mol. The van der Waals surface area contributed by atoms with E-state index in [0.717, 1.165) is 48.6 Å². The van der Waals surface area contributed by atoms with Crippen LogP contribution in [0.1, 0.15) is 32.1 Å². The van der Waals surface area contributed by atoms with Crippen molar-refractivity contribution >= 4 is 23.2 Å². The SMILES string of the molecule is C=C(/C=C/C1CC=CN1c1ccc(Cl)cc1)NCCCCCC(=O)NO. The van der Waals surface area contributed by atoms with Crippen LogP contribution in [0.5, 0.6) is 0 Å². The van der Waals surface area contributed by atoms with Crippen LogP contribution in [0.2, 0.25) is 5.02 Å². The summed E-state index contributed by atoms with van der Waals surface area (Å²) in [5, 5.41) is 12.4. The van der Waals surface area contributed by atoms with E-state index in [-0.39, 0.29) is 11.9 Å². The number of unbranched alkanes of at least 4 members (excludes halogenated alkanes) is 2. The molecular weight excluding hydrogens is 350 g/mol. The largest absolute Gasteiger partial charge is 0.386 e. The summed E-state index contributed by atoms with van der Waals surface area (Å²) in [5.41, 5.74) is 3.63. The standard InChI is InChI=1S/C20H26ClN3O2/c1-16(22-14-4-2-3-7-20(25)23-26)8-11-18-6-5-15-24(18)19-12-9-17(21)10-13-19/h5,8-13,15,18,22,26H,1-4,6-7,14H2,(H,23,25)/b11-8+. The molecule has 0 saturated carbocycles. The Morgan fingerprint density at radius 3 is 2.81 bits per heavy atom. The van der Waals surface area contributed by atoms with Crippen molar-refractivity contribution in [2.24, 2.45) is 0 Å². The summed E-state index contributed by atoms with van der Waals surface area (Å²) in [6, 6.07) is 8.10. The number of carbonyl (C=O) groups excluding carboxylic acids is 1. The third-order valence-corrected chi connectivity index (χ3v) is 4.45. The number of benzene rings is 1. The van der Waals surface area contributed by atoms with Gasteiger partial charge in [0.15, 0.2) is 0 Å². The van der Waals surface area contributed by atoms with Crippen LogP contribution in [-0.4, -0.2) is 23.7 Å². The topological polar surface area (TPSA) is 64.6 Å². The molecule has 0 spiro atoms. The molecule has 1 unspecified atom stereocenters. The Balaban J connectivity index is 1.70. The molecule has 1 heterocycles. The Hall–Kier alpha value is -2.24. The van der Waals surface area contributed by atoms with Crippen molar-refractivity contribution in [3.8, 4) is 0 Å². The average Bonchev–Trinajstić information content (AvgIpc) is 3.11. The van der Waals surface area contributed by atoms with Gasteiger partial charge < -0.3 is 10.2 Å². The number of halogens is 1. The first kappa shape index (κ1) is 20.1. The van der Waals surface area contributed by atoms with Crippen LogP contribution in [-0.2, 0) is 4.79 Å². The van der Waals surface area contributed by atoms with Gasteiger partial charge in [0.25, 0.3) is 0 Å². The van der Waals surface area contributed by atoms with Crippen LogP contribution in [0.15, 0.2) is 61.0 Å². The molecule has 0 saturated heterocycles. The van der Waals surface area contributed by atoms with E-state index < -0.39 is 0 Å². The minimum atomic E-state index is -0.333. The number of allylic oxidation sites excluding steroid dienone is 1. The van der Waals surface area contributed by atoms with E-state index in [0.29, 0.717) is 6.42 Å². The second kappa shape index (κ2) is 10.7. The summed E-state index contributed by atoms with van der Waals surface area (Å²) < 4.78 is 0. The first-order valence-electron chi connectivity index (χ1n) is 8.84. The Labute approximate surface area is 160 Å². The predicted octanol–water partition coefficient (Wildman–Crippen LogP) is 4.16. The first-order chi connectivity index (χ1) is 12.6. The fraction of sp³-hybridized carbons (Fsp3) is 0.350. The highest BCUT2D eigenvalue weighted by Crippen LogP contribution is 2.26. The van der Waals surface area contributed by atoms with Crippen molar-refractivity contribution in [1.29, 1.82) is 0 Å². The summed E-state index contributed by atoms with van der Waals surface area (Å²) in [6.07, 6.45) is 12.4. The fourth-order valence-corrected chi connectivity index (χ4v) is 2.90. The number of rotatable bonds is 10. The van der Waals surface area contributed by atoms with Gasteiger partial charge in [-0.1, -0.05) is 36.8 Å². The second-order valence-electron chi connectivity index (χ2n) is 6.23. The molecule has 26 heavy (non-hydrogen) atoms. The highest BCUT2D eigenvalue weighted by Gasteiger charge is 2.17. The quantitative estimate of drug-likeness (QED) is 0.249.